The van der Waals surface area contributed by atoms with Crippen LogP contribution in [0.15, 0.2) is 30.3 Å². The molecule has 0 heterocycles. The van der Waals surface area contributed by atoms with E-state index in [1.165, 1.54) is 6.92 Å². The second kappa shape index (κ2) is 5.51. The van der Waals surface area contributed by atoms with Crippen LogP contribution in [0.4, 0.5) is 0 Å². The molecule has 0 bridgehead atoms. The Balaban J connectivity index is 0.00000144. The van der Waals surface area contributed by atoms with Gasteiger partial charge in [-0.25, -0.2) is 4.79 Å². The van der Waals surface area contributed by atoms with E-state index in [1.807, 2.05) is 0 Å². The second-order valence-electron chi connectivity index (χ2n) is 2.25. The zero-order valence-electron chi connectivity index (χ0n) is 6.91. The summed E-state index contributed by atoms with van der Waals surface area (Å²) >= 11 is 0. The molecule has 0 atom stereocenters. The van der Waals surface area contributed by atoms with Gasteiger partial charge in [0.2, 0.25) is 0 Å². The van der Waals surface area contributed by atoms with Gasteiger partial charge >= 0.3 is 11.9 Å². The van der Waals surface area contributed by atoms with Crippen LogP contribution >= 0.6 is 0 Å². The van der Waals surface area contributed by atoms with Crippen LogP contribution in [-0.2, 0) is 26.6 Å². The molecule has 1 radical (unpaired) electrons. The Bertz CT molecular complexity index is 295. The van der Waals surface area contributed by atoms with Gasteiger partial charge in [-0.3, -0.25) is 4.79 Å². The van der Waals surface area contributed by atoms with Crippen molar-refractivity contribution in [3.63, 3.8) is 0 Å². The number of hydrogen-bond acceptors (Lipinski definition) is 3. The Hall–Kier alpha value is -1.12. The first-order valence-corrected chi connectivity index (χ1v) is 3.48. The number of ether oxygens (including phenoxy) is 1. The van der Waals surface area contributed by atoms with Crippen LogP contribution in [0.2, 0.25) is 0 Å². The predicted octanol–water partition coefficient (Wildman–Crippen LogP) is 1.39. The van der Waals surface area contributed by atoms with Crippen LogP contribution in [0.25, 0.3) is 0 Å². The summed E-state index contributed by atoms with van der Waals surface area (Å²) in [4.78, 5) is 21.4. The standard InChI is InChI=1S/C9H8O3.Cu/c1-7(10)12-9(11)8-5-3-2-4-6-8;/h2-6H,1H3;. The summed E-state index contributed by atoms with van der Waals surface area (Å²) in [6.45, 7) is 1.20. The molecule has 1 aromatic rings. The Morgan fingerprint density at radius 2 is 1.69 bits per heavy atom. The maximum Gasteiger partial charge on any atom is 0.345 e. The van der Waals surface area contributed by atoms with Gasteiger partial charge in [0, 0.05) is 24.0 Å². The molecule has 0 aromatic heterocycles. The minimum atomic E-state index is -0.608. The van der Waals surface area contributed by atoms with E-state index in [2.05, 4.69) is 4.74 Å². The van der Waals surface area contributed by atoms with Crippen molar-refractivity contribution < 1.29 is 31.4 Å². The normalized spacial score (nSPS) is 8.38. The fourth-order valence-corrected chi connectivity index (χ4v) is 0.764. The zero-order chi connectivity index (χ0) is 8.97. The van der Waals surface area contributed by atoms with Gasteiger partial charge in [-0.15, -0.1) is 0 Å². The van der Waals surface area contributed by atoms with Gasteiger partial charge in [0.15, 0.2) is 0 Å². The molecule has 0 aliphatic heterocycles. The number of benzene rings is 1. The summed E-state index contributed by atoms with van der Waals surface area (Å²) < 4.78 is 4.36. The van der Waals surface area contributed by atoms with Crippen LogP contribution in [-0.4, -0.2) is 11.9 Å². The van der Waals surface area contributed by atoms with Crippen molar-refractivity contribution in [3.05, 3.63) is 35.9 Å². The average Bonchev–Trinajstić information content (AvgIpc) is 2.05. The molecule has 73 valence electrons. The van der Waals surface area contributed by atoms with Crippen LogP contribution < -0.4 is 0 Å². The Morgan fingerprint density at radius 1 is 1.15 bits per heavy atom. The van der Waals surface area contributed by atoms with E-state index in [0.29, 0.717) is 5.56 Å². The van der Waals surface area contributed by atoms with Gasteiger partial charge in [-0.05, 0) is 12.1 Å². The summed E-state index contributed by atoms with van der Waals surface area (Å²) in [6, 6.07) is 8.37. The average molecular weight is 228 g/mol. The third-order valence-electron chi connectivity index (χ3n) is 1.25. The number of hydrogen-bond donors (Lipinski definition) is 0. The summed E-state index contributed by atoms with van der Waals surface area (Å²) in [7, 11) is 0. The quantitative estimate of drug-likeness (QED) is 0.414. The fraction of sp³-hybridized carbons (Fsp3) is 0.111. The summed E-state index contributed by atoms with van der Waals surface area (Å²) in [6.07, 6.45) is 0. The molecule has 0 spiro atoms. The topological polar surface area (TPSA) is 43.4 Å². The van der Waals surface area contributed by atoms with E-state index in [0.717, 1.165) is 0 Å². The molecule has 0 aliphatic carbocycles. The van der Waals surface area contributed by atoms with Gasteiger partial charge in [0.25, 0.3) is 0 Å². The predicted molar refractivity (Wildman–Crippen MR) is 42.5 cm³/mol. The molecule has 1 aromatic carbocycles. The summed E-state index contributed by atoms with van der Waals surface area (Å²) in [5.41, 5.74) is 0.382. The molecule has 3 nitrogen and oxygen atoms in total. The number of esters is 2. The summed E-state index contributed by atoms with van der Waals surface area (Å²) in [5.74, 6) is -1.20. The van der Waals surface area contributed by atoms with Gasteiger partial charge in [0.1, 0.15) is 0 Å². The zero-order valence-corrected chi connectivity index (χ0v) is 7.85. The molecular formula is C9H8CuO3. The number of carbonyl (C=O) groups excluding carboxylic acids is 2. The van der Waals surface area contributed by atoms with Crippen LogP contribution in [0.5, 0.6) is 0 Å². The largest absolute Gasteiger partial charge is 0.390 e. The first-order chi connectivity index (χ1) is 5.70. The minimum absolute atomic E-state index is 0. The van der Waals surface area contributed by atoms with Crippen molar-refractivity contribution in [2.24, 2.45) is 0 Å². The van der Waals surface area contributed by atoms with E-state index in [4.69, 9.17) is 0 Å². The molecule has 0 saturated carbocycles. The molecule has 0 aliphatic rings. The third kappa shape index (κ3) is 3.87. The van der Waals surface area contributed by atoms with E-state index < -0.39 is 11.9 Å². The summed E-state index contributed by atoms with van der Waals surface area (Å²) in [5, 5.41) is 0. The van der Waals surface area contributed by atoms with E-state index >= 15 is 0 Å². The molecule has 0 fully saturated rings. The minimum Gasteiger partial charge on any atom is -0.390 e. The molecule has 13 heavy (non-hydrogen) atoms. The smallest absolute Gasteiger partial charge is 0.345 e. The first kappa shape index (κ1) is 11.9. The molecule has 4 heteroatoms. The molecule has 0 N–H and O–H groups in total. The van der Waals surface area contributed by atoms with Gasteiger partial charge in [-0.2, -0.15) is 0 Å². The Morgan fingerprint density at radius 3 is 2.15 bits per heavy atom. The Labute approximate surface area is 86.6 Å². The van der Waals surface area contributed by atoms with Crippen molar-refractivity contribution >= 4 is 11.9 Å². The van der Waals surface area contributed by atoms with Crippen molar-refractivity contribution in [3.8, 4) is 0 Å². The molecule has 1 rings (SSSR count). The van der Waals surface area contributed by atoms with Crippen molar-refractivity contribution in [2.75, 3.05) is 0 Å². The maximum absolute atomic E-state index is 11.0. The van der Waals surface area contributed by atoms with Crippen LogP contribution in [0.1, 0.15) is 17.3 Å². The van der Waals surface area contributed by atoms with Crippen LogP contribution in [0.3, 0.4) is 0 Å². The maximum atomic E-state index is 11.0. The van der Waals surface area contributed by atoms with E-state index in [-0.39, 0.29) is 17.1 Å². The van der Waals surface area contributed by atoms with Crippen LogP contribution in [0, 0.1) is 0 Å². The SMILES string of the molecule is CC(=O)OC(=O)c1ccccc1.[Cu]. The number of rotatable bonds is 1. The molecule has 0 amide bonds. The van der Waals surface area contributed by atoms with E-state index in [1.54, 1.807) is 30.3 Å². The van der Waals surface area contributed by atoms with Crippen molar-refractivity contribution in [2.45, 2.75) is 6.92 Å². The second-order valence-corrected chi connectivity index (χ2v) is 2.25. The van der Waals surface area contributed by atoms with E-state index in [9.17, 15) is 9.59 Å². The third-order valence-corrected chi connectivity index (χ3v) is 1.25. The monoisotopic (exact) mass is 227 g/mol. The van der Waals surface area contributed by atoms with Gasteiger partial charge in [0.05, 0.1) is 5.56 Å². The fourth-order valence-electron chi connectivity index (χ4n) is 0.764. The number of carbonyl (C=O) groups is 2. The van der Waals surface area contributed by atoms with Gasteiger partial charge in [-0.1, -0.05) is 18.2 Å². The van der Waals surface area contributed by atoms with Crippen molar-refractivity contribution in [1.29, 1.82) is 0 Å². The first-order valence-electron chi connectivity index (χ1n) is 3.48. The molecule has 0 unspecified atom stereocenters. The molecular weight excluding hydrogens is 220 g/mol. The van der Waals surface area contributed by atoms with Gasteiger partial charge < -0.3 is 4.74 Å². The Kier molecular flexibility index (Phi) is 5.04. The molecule has 0 saturated heterocycles. The van der Waals surface area contributed by atoms with Crippen molar-refractivity contribution in [1.82, 2.24) is 0 Å².